The van der Waals surface area contributed by atoms with Crippen LogP contribution in [0.25, 0.3) is 0 Å². The van der Waals surface area contributed by atoms with Crippen LogP contribution in [-0.4, -0.2) is 37.4 Å². The average Bonchev–Trinajstić information content (AvgIpc) is 3.15. The molecule has 0 spiro atoms. The first-order valence-electron chi connectivity index (χ1n) is 7.75. The van der Waals surface area contributed by atoms with Crippen LogP contribution in [0, 0.1) is 0 Å². The van der Waals surface area contributed by atoms with E-state index in [2.05, 4.69) is 4.74 Å². The maximum Gasteiger partial charge on any atom is 0.441 e. The summed E-state index contributed by atoms with van der Waals surface area (Å²) in [6.07, 6.45) is -4.12. The zero-order chi connectivity index (χ0) is 20.1. The second-order valence-electron chi connectivity index (χ2n) is 5.25. The number of carbonyl (C=O) groups excluding carboxylic acids is 2. The van der Waals surface area contributed by atoms with Gasteiger partial charge in [0.2, 0.25) is 0 Å². The zero-order valence-electron chi connectivity index (χ0n) is 14.4. The van der Waals surface area contributed by atoms with Crippen molar-refractivity contribution in [2.45, 2.75) is 18.8 Å². The fourth-order valence-electron chi connectivity index (χ4n) is 2.16. The summed E-state index contributed by atoms with van der Waals surface area (Å²) in [6, 6.07) is 7.79. The molecule has 0 aliphatic rings. The van der Waals surface area contributed by atoms with Gasteiger partial charge in [0.05, 0.1) is 20.0 Å². The number of hydrogen-bond donors (Lipinski definition) is 2. The molecular formula is C17H17F3N2O5. The second kappa shape index (κ2) is 8.02. The maximum atomic E-state index is 13.9. The molecule has 7 nitrogen and oxygen atoms in total. The Morgan fingerprint density at radius 3 is 2.30 bits per heavy atom. The second-order valence-corrected chi connectivity index (χ2v) is 5.25. The summed E-state index contributed by atoms with van der Waals surface area (Å²) in [5, 5.41) is 3.69. The van der Waals surface area contributed by atoms with Gasteiger partial charge in [0, 0.05) is 5.69 Å². The Balaban J connectivity index is 2.45. The predicted octanol–water partition coefficient (Wildman–Crippen LogP) is 2.95. The molecule has 2 N–H and O–H groups in total. The van der Waals surface area contributed by atoms with Gasteiger partial charge in [-0.3, -0.25) is 4.79 Å². The number of nitrogens with one attached hydrogen (secondary N) is 2. The number of benzene rings is 1. The van der Waals surface area contributed by atoms with Gasteiger partial charge in [-0.15, -0.1) is 0 Å². The molecule has 0 aliphatic carbocycles. The van der Waals surface area contributed by atoms with Crippen molar-refractivity contribution in [1.82, 2.24) is 5.32 Å². The molecule has 0 saturated heterocycles. The van der Waals surface area contributed by atoms with Crippen LogP contribution < -0.4 is 15.4 Å². The minimum absolute atomic E-state index is 0.0964. The largest absolute Gasteiger partial charge is 0.497 e. The molecule has 0 saturated carbocycles. The number of carbonyl (C=O) groups is 2. The third-order valence-electron chi connectivity index (χ3n) is 3.47. The van der Waals surface area contributed by atoms with E-state index in [4.69, 9.17) is 9.15 Å². The van der Waals surface area contributed by atoms with Crippen molar-refractivity contribution in [2.24, 2.45) is 0 Å². The van der Waals surface area contributed by atoms with Crippen LogP contribution in [0.3, 0.4) is 0 Å². The van der Waals surface area contributed by atoms with Crippen molar-refractivity contribution in [3.05, 3.63) is 48.4 Å². The number of methoxy groups -OCH3 is 1. The van der Waals surface area contributed by atoms with Crippen molar-refractivity contribution in [3.63, 3.8) is 0 Å². The molecule has 1 aromatic carbocycles. The number of esters is 1. The smallest absolute Gasteiger partial charge is 0.441 e. The minimum Gasteiger partial charge on any atom is -0.497 e. The standard InChI is InChI=1S/C17H17F3N2O5/c1-3-26-15(24)16(17(18,19)20,22-14(23)13-5-4-10-27-13)21-11-6-8-12(25-2)9-7-11/h4-10,21H,3H2,1-2H3,(H,22,23). The molecule has 146 valence electrons. The molecule has 1 unspecified atom stereocenters. The normalized spacial score (nSPS) is 13.4. The lowest BCUT2D eigenvalue weighted by Crippen LogP contribution is -2.69. The molecule has 1 atom stereocenters. The average molecular weight is 386 g/mol. The van der Waals surface area contributed by atoms with Gasteiger partial charge in [0.15, 0.2) is 5.76 Å². The minimum atomic E-state index is -5.23. The highest BCUT2D eigenvalue weighted by Gasteiger charge is 2.63. The number of hydrogen-bond acceptors (Lipinski definition) is 6. The topological polar surface area (TPSA) is 89.8 Å². The number of furan rings is 1. The van der Waals surface area contributed by atoms with E-state index in [9.17, 15) is 22.8 Å². The quantitative estimate of drug-likeness (QED) is 0.562. The summed E-state index contributed by atoms with van der Waals surface area (Å²) in [5.41, 5.74) is -3.62. The SMILES string of the molecule is CCOC(=O)C(NC(=O)c1ccco1)(Nc1ccc(OC)cc1)C(F)(F)F. The highest BCUT2D eigenvalue weighted by Crippen LogP contribution is 2.34. The van der Waals surface area contributed by atoms with Crippen molar-refractivity contribution in [1.29, 1.82) is 0 Å². The van der Waals surface area contributed by atoms with Gasteiger partial charge >= 0.3 is 17.8 Å². The van der Waals surface area contributed by atoms with Crippen molar-refractivity contribution in [2.75, 3.05) is 19.0 Å². The van der Waals surface area contributed by atoms with Crippen LogP contribution in [0.4, 0.5) is 18.9 Å². The van der Waals surface area contributed by atoms with Gasteiger partial charge in [-0.2, -0.15) is 13.2 Å². The van der Waals surface area contributed by atoms with Gasteiger partial charge in [-0.1, -0.05) is 0 Å². The number of amides is 1. The van der Waals surface area contributed by atoms with E-state index in [0.717, 1.165) is 12.3 Å². The zero-order valence-corrected chi connectivity index (χ0v) is 14.4. The summed E-state index contributed by atoms with van der Waals surface area (Å²) >= 11 is 0. The molecule has 1 heterocycles. The Bertz CT molecular complexity index is 775. The molecule has 0 radical (unpaired) electrons. The van der Waals surface area contributed by atoms with Gasteiger partial charge in [-0.05, 0) is 43.3 Å². The first kappa shape index (κ1) is 20.1. The molecular weight excluding hydrogens is 369 g/mol. The number of ether oxygens (including phenoxy) is 2. The van der Waals surface area contributed by atoms with Gasteiger partial charge in [-0.25, -0.2) is 4.79 Å². The lowest BCUT2D eigenvalue weighted by atomic mass is 10.1. The first-order valence-corrected chi connectivity index (χ1v) is 7.75. The molecule has 27 heavy (non-hydrogen) atoms. The van der Waals surface area contributed by atoms with Crippen molar-refractivity contribution >= 4 is 17.6 Å². The van der Waals surface area contributed by atoms with E-state index >= 15 is 0 Å². The van der Waals surface area contributed by atoms with E-state index in [1.165, 1.54) is 44.4 Å². The van der Waals surface area contributed by atoms with E-state index in [0.29, 0.717) is 5.75 Å². The fraction of sp³-hybridized carbons (Fsp3) is 0.294. The Morgan fingerprint density at radius 2 is 1.81 bits per heavy atom. The fourth-order valence-corrected chi connectivity index (χ4v) is 2.16. The van der Waals surface area contributed by atoms with Crippen LogP contribution in [-0.2, 0) is 9.53 Å². The van der Waals surface area contributed by atoms with Gasteiger partial charge < -0.3 is 24.5 Å². The number of halogens is 3. The van der Waals surface area contributed by atoms with E-state index in [-0.39, 0.29) is 12.3 Å². The molecule has 1 amide bonds. The Morgan fingerprint density at radius 1 is 1.15 bits per heavy atom. The third-order valence-corrected chi connectivity index (χ3v) is 3.47. The van der Waals surface area contributed by atoms with E-state index in [1.54, 1.807) is 5.32 Å². The van der Waals surface area contributed by atoms with E-state index in [1.807, 2.05) is 5.32 Å². The highest BCUT2D eigenvalue weighted by atomic mass is 19.4. The molecule has 2 aromatic rings. The van der Waals surface area contributed by atoms with Gasteiger partial charge in [0.1, 0.15) is 5.75 Å². The summed E-state index contributed by atoms with van der Waals surface area (Å²) in [4.78, 5) is 24.5. The van der Waals surface area contributed by atoms with Crippen molar-refractivity contribution in [3.8, 4) is 5.75 Å². The molecule has 0 aliphatic heterocycles. The number of rotatable bonds is 7. The van der Waals surface area contributed by atoms with E-state index < -0.39 is 29.5 Å². The third kappa shape index (κ3) is 4.33. The number of anilines is 1. The Labute approximate surface area is 152 Å². The number of alkyl halides is 3. The maximum absolute atomic E-state index is 13.9. The lowest BCUT2D eigenvalue weighted by molar-refractivity contribution is -0.204. The highest BCUT2D eigenvalue weighted by molar-refractivity contribution is 5.97. The first-order chi connectivity index (χ1) is 12.7. The van der Waals surface area contributed by atoms with Gasteiger partial charge in [0.25, 0.3) is 5.91 Å². The summed E-state index contributed by atoms with van der Waals surface area (Å²) in [5.74, 6) is -2.96. The molecule has 0 fully saturated rings. The van der Waals surface area contributed by atoms with Crippen LogP contribution in [0.2, 0.25) is 0 Å². The van der Waals surface area contributed by atoms with Crippen LogP contribution in [0.5, 0.6) is 5.75 Å². The monoisotopic (exact) mass is 386 g/mol. The summed E-state index contributed by atoms with van der Waals surface area (Å²) in [7, 11) is 1.39. The van der Waals surface area contributed by atoms with Crippen LogP contribution >= 0.6 is 0 Å². The predicted molar refractivity (Wildman–Crippen MR) is 88.2 cm³/mol. The molecule has 1 aromatic heterocycles. The Kier molecular flexibility index (Phi) is 5.98. The van der Waals surface area contributed by atoms with Crippen LogP contribution in [0.15, 0.2) is 47.1 Å². The Hall–Kier alpha value is -3.17. The molecule has 2 rings (SSSR count). The summed E-state index contributed by atoms with van der Waals surface area (Å²) < 4.78 is 56.2. The molecule has 10 heteroatoms. The van der Waals surface area contributed by atoms with Crippen molar-refractivity contribution < 1.29 is 36.7 Å². The lowest BCUT2D eigenvalue weighted by Gasteiger charge is -2.35. The van der Waals surface area contributed by atoms with Crippen LogP contribution in [0.1, 0.15) is 17.5 Å². The molecule has 0 bridgehead atoms. The summed E-state index contributed by atoms with van der Waals surface area (Å²) in [6.45, 7) is 1.03.